The monoisotopic (exact) mass is 335 g/mol. The zero-order chi connectivity index (χ0) is 17.3. The Morgan fingerprint density at radius 2 is 1.68 bits per heavy atom. The number of carbonyl (C=O) groups excluding carboxylic acids is 1. The van der Waals surface area contributed by atoms with Crippen LogP contribution in [0.15, 0.2) is 60.8 Å². The van der Waals surface area contributed by atoms with E-state index in [4.69, 9.17) is 0 Å². The van der Waals surface area contributed by atoms with Gasteiger partial charge in [0.1, 0.15) is 0 Å². The van der Waals surface area contributed by atoms with E-state index in [0.29, 0.717) is 19.5 Å². The normalized spacial score (nSPS) is 10.9. The molecule has 4 heteroatoms. The molecule has 1 aromatic heterocycles. The van der Waals surface area contributed by atoms with Crippen LogP contribution in [0.3, 0.4) is 0 Å². The number of nitrogens with one attached hydrogen (secondary N) is 3. The number of amides is 1. The number of aromatic amines is 1. The minimum Gasteiger partial charge on any atom is -0.361 e. The molecule has 0 saturated carbocycles. The van der Waals surface area contributed by atoms with Gasteiger partial charge in [-0.1, -0.05) is 48.5 Å². The third-order valence-corrected chi connectivity index (χ3v) is 4.35. The fourth-order valence-corrected chi connectivity index (χ4v) is 2.97. The van der Waals surface area contributed by atoms with E-state index in [9.17, 15) is 4.79 Å². The second-order valence-electron chi connectivity index (χ2n) is 6.20. The highest BCUT2D eigenvalue weighted by atomic mass is 16.1. The number of fused-ring (bicyclic) bond motifs is 1. The fourth-order valence-electron chi connectivity index (χ4n) is 2.97. The molecule has 3 N–H and O–H groups in total. The molecule has 0 aliphatic carbocycles. The van der Waals surface area contributed by atoms with Crippen LogP contribution in [0.4, 0.5) is 0 Å². The molecule has 0 saturated heterocycles. The zero-order valence-corrected chi connectivity index (χ0v) is 14.4. The Morgan fingerprint density at radius 1 is 0.880 bits per heavy atom. The highest BCUT2D eigenvalue weighted by molar-refractivity contribution is 5.83. The van der Waals surface area contributed by atoms with Crippen molar-refractivity contribution in [3.8, 4) is 0 Å². The summed E-state index contributed by atoms with van der Waals surface area (Å²) < 4.78 is 0. The Bertz CT molecular complexity index is 795. The van der Waals surface area contributed by atoms with Crippen LogP contribution in [0.2, 0.25) is 0 Å². The Balaban J connectivity index is 1.28. The maximum atomic E-state index is 11.8. The number of carbonyl (C=O) groups is 1. The van der Waals surface area contributed by atoms with Crippen molar-refractivity contribution in [1.82, 2.24) is 15.6 Å². The van der Waals surface area contributed by atoms with Gasteiger partial charge < -0.3 is 15.6 Å². The lowest BCUT2D eigenvalue weighted by Crippen LogP contribution is -2.29. The second kappa shape index (κ2) is 9.04. The lowest BCUT2D eigenvalue weighted by molar-refractivity contribution is -0.120. The lowest BCUT2D eigenvalue weighted by atomic mass is 10.1. The van der Waals surface area contributed by atoms with Crippen LogP contribution < -0.4 is 10.6 Å². The molecule has 2 aromatic carbocycles. The third kappa shape index (κ3) is 5.19. The molecule has 0 aliphatic heterocycles. The molecule has 1 heterocycles. The van der Waals surface area contributed by atoms with Crippen LogP contribution in [0, 0.1) is 0 Å². The van der Waals surface area contributed by atoms with Crippen LogP contribution in [0.25, 0.3) is 10.9 Å². The summed E-state index contributed by atoms with van der Waals surface area (Å²) >= 11 is 0. The van der Waals surface area contributed by atoms with E-state index in [1.165, 1.54) is 22.0 Å². The summed E-state index contributed by atoms with van der Waals surface area (Å²) in [6, 6.07) is 18.5. The van der Waals surface area contributed by atoms with Gasteiger partial charge in [0.2, 0.25) is 5.91 Å². The van der Waals surface area contributed by atoms with Crippen LogP contribution in [-0.2, 0) is 17.6 Å². The van der Waals surface area contributed by atoms with Gasteiger partial charge in [-0.3, -0.25) is 4.79 Å². The molecule has 0 fully saturated rings. The maximum absolute atomic E-state index is 11.8. The summed E-state index contributed by atoms with van der Waals surface area (Å²) in [5.74, 6) is 0.107. The van der Waals surface area contributed by atoms with E-state index < -0.39 is 0 Å². The predicted octanol–water partition coefficient (Wildman–Crippen LogP) is 3.05. The van der Waals surface area contributed by atoms with E-state index in [-0.39, 0.29) is 5.91 Å². The summed E-state index contributed by atoms with van der Waals surface area (Å²) in [5, 5.41) is 7.61. The number of hydrogen-bond donors (Lipinski definition) is 3. The van der Waals surface area contributed by atoms with Crippen LogP contribution in [0.1, 0.15) is 17.5 Å². The van der Waals surface area contributed by atoms with Crippen molar-refractivity contribution in [1.29, 1.82) is 0 Å². The van der Waals surface area contributed by atoms with Gasteiger partial charge in [0, 0.05) is 36.6 Å². The molecule has 25 heavy (non-hydrogen) atoms. The first-order valence-electron chi connectivity index (χ1n) is 8.89. The summed E-state index contributed by atoms with van der Waals surface area (Å²) in [6.45, 7) is 2.27. The number of H-pyrrole nitrogens is 1. The van der Waals surface area contributed by atoms with Crippen LogP contribution >= 0.6 is 0 Å². The average molecular weight is 335 g/mol. The summed E-state index contributed by atoms with van der Waals surface area (Å²) in [7, 11) is 0. The predicted molar refractivity (Wildman–Crippen MR) is 103 cm³/mol. The summed E-state index contributed by atoms with van der Waals surface area (Å²) in [5.41, 5.74) is 3.74. The van der Waals surface area contributed by atoms with Gasteiger partial charge in [0.25, 0.3) is 0 Å². The van der Waals surface area contributed by atoms with Crippen molar-refractivity contribution < 1.29 is 4.79 Å². The smallest absolute Gasteiger partial charge is 0.221 e. The van der Waals surface area contributed by atoms with Gasteiger partial charge in [-0.05, 0) is 36.6 Å². The number of rotatable bonds is 9. The molecule has 130 valence electrons. The quantitative estimate of drug-likeness (QED) is 0.527. The van der Waals surface area contributed by atoms with Gasteiger partial charge in [-0.2, -0.15) is 0 Å². The molecule has 3 aromatic rings. The number of para-hydroxylation sites is 1. The molecule has 0 radical (unpaired) electrons. The molecule has 0 atom stereocenters. The van der Waals surface area contributed by atoms with E-state index >= 15 is 0 Å². The Hall–Kier alpha value is -2.59. The molecular formula is C21H25N3O. The summed E-state index contributed by atoms with van der Waals surface area (Å²) in [6.07, 6.45) is 4.42. The largest absolute Gasteiger partial charge is 0.361 e. The molecule has 1 amide bonds. The molecule has 3 rings (SSSR count). The van der Waals surface area contributed by atoms with Crippen LogP contribution in [0.5, 0.6) is 0 Å². The minimum atomic E-state index is 0.107. The topological polar surface area (TPSA) is 56.9 Å². The maximum Gasteiger partial charge on any atom is 0.221 e. The van der Waals surface area contributed by atoms with E-state index in [1.54, 1.807) is 0 Å². The SMILES string of the molecule is O=C(CCNCCc1c[nH]c2ccccc12)NCCc1ccccc1. The standard InChI is InChI=1S/C21H25N3O/c25-21(23-15-10-17-6-2-1-3-7-17)12-14-22-13-11-18-16-24-20-9-5-4-8-19(18)20/h1-9,16,22,24H,10-15H2,(H,23,25). The first-order valence-corrected chi connectivity index (χ1v) is 8.89. The fraction of sp³-hybridized carbons (Fsp3) is 0.286. The minimum absolute atomic E-state index is 0.107. The number of aromatic nitrogens is 1. The van der Waals surface area contributed by atoms with Crippen molar-refractivity contribution in [3.63, 3.8) is 0 Å². The number of benzene rings is 2. The summed E-state index contributed by atoms with van der Waals surface area (Å²) in [4.78, 5) is 15.1. The van der Waals surface area contributed by atoms with Crippen molar-refractivity contribution in [2.75, 3.05) is 19.6 Å². The lowest BCUT2D eigenvalue weighted by Gasteiger charge is -2.07. The zero-order valence-electron chi connectivity index (χ0n) is 14.4. The van der Waals surface area contributed by atoms with E-state index in [1.807, 2.05) is 24.3 Å². The van der Waals surface area contributed by atoms with Crippen molar-refractivity contribution in [2.45, 2.75) is 19.3 Å². The Labute approximate surface area is 148 Å². The highest BCUT2D eigenvalue weighted by Crippen LogP contribution is 2.17. The first-order chi connectivity index (χ1) is 12.3. The van der Waals surface area contributed by atoms with Gasteiger partial charge in [0.05, 0.1) is 0 Å². The van der Waals surface area contributed by atoms with Gasteiger partial charge in [0.15, 0.2) is 0 Å². The van der Waals surface area contributed by atoms with Crippen molar-refractivity contribution in [2.24, 2.45) is 0 Å². The van der Waals surface area contributed by atoms with Crippen molar-refractivity contribution >= 4 is 16.8 Å². The van der Waals surface area contributed by atoms with Gasteiger partial charge in [-0.25, -0.2) is 0 Å². The van der Waals surface area contributed by atoms with E-state index in [2.05, 4.69) is 52.1 Å². The van der Waals surface area contributed by atoms with Crippen LogP contribution in [-0.4, -0.2) is 30.5 Å². The Kier molecular flexibility index (Phi) is 6.23. The average Bonchev–Trinajstić information content (AvgIpc) is 3.06. The molecule has 0 bridgehead atoms. The Morgan fingerprint density at radius 3 is 2.56 bits per heavy atom. The highest BCUT2D eigenvalue weighted by Gasteiger charge is 2.03. The molecular weight excluding hydrogens is 310 g/mol. The third-order valence-electron chi connectivity index (χ3n) is 4.35. The molecule has 0 spiro atoms. The molecule has 4 nitrogen and oxygen atoms in total. The van der Waals surface area contributed by atoms with Crippen molar-refractivity contribution in [3.05, 3.63) is 71.9 Å². The second-order valence-corrected chi connectivity index (χ2v) is 6.20. The first kappa shape index (κ1) is 17.2. The number of hydrogen-bond acceptors (Lipinski definition) is 2. The molecule has 0 aliphatic rings. The van der Waals surface area contributed by atoms with E-state index in [0.717, 1.165) is 19.4 Å². The van der Waals surface area contributed by atoms with Gasteiger partial charge in [-0.15, -0.1) is 0 Å². The molecule has 0 unspecified atom stereocenters. The van der Waals surface area contributed by atoms with Gasteiger partial charge >= 0.3 is 0 Å².